The highest BCUT2D eigenvalue weighted by Gasteiger charge is 1.96. The fourth-order valence-electron chi connectivity index (χ4n) is 0.783. The number of hydrogen-bond donors (Lipinski definition) is 1. The molecule has 2 N–H and O–H groups in total. The maximum Gasteiger partial charge on any atom is 0.169 e. The second-order valence-electron chi connectivity index (χ2n) is 2.02. The lowest BCUT2D eigenvalue weighted by Crippen LogP contribution is -2.13. The van der Waals surface area contributed by atoms with Gasteiger partial charge in [-0.1, -0.05) is 0 Å². The van der Waals surface area contributed by atoms with Gasteiger partial charge in [0.25, 0.3) is 0 Å². The maximum absolute atomic E-state index is 5.42. The van der Waals surface area contributed by atoms with Gasteiger partial charge < -0.3 is 10.5 Å². The lowest BCUT2D eigenvalue weighted by molar-refractivity contribution is 0.417. The van der Waals surface area contributed by atoms with Crippen molar-refractivity contribution in [3.63, 3.8) is 0 Å². The minimum atomic E-state index is 0.526. The van der Waals surface area contributed by atoms with Gasteiger partial charge in [-0.3, -0.25) is 0 Å². The van der Waals surface area contributed by atoms with Crippen LogP contribution in [0.5, 0.6) is 5.75 Å². The Hall–Kier alpha value is -1.19. The molecule has 0 radical (unpaired) electrons. The number of anilines is 1. The summed E-state index contributed by atoms with van der Waals surface area (Å²) in [7, 11) is 3.47. The van der Waals surface area contributed by atoms with Crippen LogP contribution in [0.4, 0.5) is 5.82 Å². The second-order valence-corrected chi connectivity index (χ2v) is 2.02. The normalized spacial score (nSPS) is 9.30. The van der Waals surface area contributed by atoms with E-state index in [0.717, 1.165) is 11.3 Å². The number of nitrogens with zero attached hydrogens (tertiary/aromatic N) is 1. The number of rotatable bonds is 1. The second kappa shape index (κ2) is 2.60. The minimum Gasteiger partial charge on any atom is -0.496 e. The van der Waals surface area contributed by atoms with Crippen molar-refractivity contribution in [3.8, 4) is 5.75 Å². The molecule has 1 aromatic rings. The molecule has 0 aliphatic rings. The summed E-state index contributed by atoms with van der Waals surface area (Å²) in [5, 5.41) is 0. The van der Waals surface area contributed by atoms with E-state index in [2.05, 4.69) is 4.98 Å². The number of nitrogens with two attached hydrogens (primary N) is 1. The molecule has 4 heteroatoms. The Balaban J connectivity index is 3.07. The third-order valence-corrected chi connectivity index (χ3v) is 1.28. The summed E-state index contributed by atoms with van der Waals surface area (Å²) in [6.07, 6.45) is 0. The van der Waals surface area contributed by atoms with Crippen molar-refractivity contribution in [3.05, 3.63) is 12.1 Å². The smallest absolute Gasteiger partial charge is 0.169 e. The van der Waals surface area contributed by atoms with E-state index < -0.39 is 0 Å². The van der Waals surface area contributed by atoms with Crippen molar-refractivity contribution in [2.24, 2.45) is 0 Å². The summed E-state index contributed by atoms with van der Waals surface area (Å²) < 4.78 is 4.98. The topological polar surface area (TPSA) is 48.1 Å². The summed E-state index contributed by atoms with van der Waals surface area (Å²) in [6.45, 7) is 0. The van der Waals surface area contributed by atoms with Gasteiger partial charge in [-0.2, -0.15) is 0 Å². The molecular formula is C6H9BN2O. The van der Waals surface area contributed by atoms with Gasteiger partial charge in [0.15, 0.2) is 7.85 Å². The van der Waals surface area contributed by atoms with Crippen LogP contribution in [-0.2, 0) is 0 Å². The van der Waals surface area contributed by atoms with Crippen LogP contribution in [0.1, 0.15) is 0 Å². The van der Waals surface area contributed by atoms with Crippen molar-refractivity contribution in [2.75, 3.05) is 12.8 Å². The van der Waals surface area contributed by atoms with E-state index in [9.17, 15) is 0 Å². The van der Waals surface area contributed by atoms with Crippen molar-refractivity contribution in [1.82, 2.24) is 4.98 Å². The van der Waals surface area contributed by atoms with E-state index in [4.69, 9.17) is 10.5 Å². The molecule has 1 heterocycles. The van der Waals surface area contributed by atoms with Crippen LogP contribution >= 0.6 is 0 Å². The Morgan fingerprint density at radius 1 is 1.60 bits per heavy atom. The third-order valence-electron chi connectivity index (χ3n) is 1.28. The molecule has 0 aromatic carbocycles. The number of nitrogen functional groups attached to an aromatic ring is 1. The lowest BCUT2D eigenvalue weighted by Gasteiger charge is -2.02. The molecule has 0 bridgehead atoms. The van der Waals surface area contributed by atoms with E-state index in [1.165, 1.54) is 0 Å². The predicted molar refractivity (Wildman–Crippen MR) is 43.4 cm³/mol. The molecule has 0 aliphatic heterocycles. The first-order valence-electron chi connectivity index (χ1n) is 3.01. The number of aromatic nitrogens is 1. The standard InChI is InChI=1S/C6H9BN2O/c1-10-4-2-3-5(8)9-6(4)7/h2-3H,7H2,1H3,(H2,8,9). The van der Waals surface area contributed by atoms with Crippen LogP contribution in [-0.4, -0.2) is 19.9 Å². The highest BCUT2D eigenvalue weighted by molar-refractivity contribution is 6.32. The third kappa shape index (κ3) is 1.21. The van der Waals surface area contributed by atoms with Gasteiger partial charge in [0, 0.05) is 5.59 Å². The number of pyridine rings is 1. The Bertz CT molecular complexity index is 239. The van der Waals surface area contributed by atoms with Crippen molar-refractivity contribution < 1.29 is 4.74 Å². The highest BCUT2D eigenvalue weighted by atomic mass is 16.5. The summed E-state index contributed by atoms with van der Waals surface area (Å²) in [5.41, 5.74) is 6.24. The molecule has 1 rings (SSSR count). The van der Waals surface area contributed by atoms with Crippen LogP contribution in [0.3, 0.4) is 0 Å². The molecular weight excluding hydrogens is 127 g/mol. The quantitative estimate of drug-likeness (QED) is 0.500. The Morgan fingerprint density at radius 3 is 2.80 bits per heavy atom. The largest absolute Gasteiger partial charge is 0.496 e. The molecule has 10 heavy (non-hydrogen) atoms. The van der Waals surface area contributed by atoms with Crippen LogP contribution < -0.4 is 16.1 Å². The van der Waals surface area contributed by atoms with Gasteiger partial charge in [-0.15, -0.1) is 0 Å². The summed E-state index contributed by atoms with van der Waals surface area (Å²) in [5.74, 6) is 1.30. The van der Waals surface area contributed by atoms with Gasteiger partial charge in [-0.25, -0.2) is 4.98 Å². The predicted octanol–water partition coefficient (Wildman–Crippen LogP) is -1.07. The van der Waals surface area contributed by atoms with Gasteiger partial charge in [0.2, 0.25) is 0 Å². The van der Waals surface area contributed by atoms with E-state index >= 15 is 0 Å². The van der Waals surface area contributed by atoms with Crippen LogP contribution in [0, 0.1) is 0 Å². The Labute approximate surface area is 60.6 Å². The molecule has 0 saturated carbocycles. The highest BCUT2D eigenvalue weighted by Crippen LogP contribution is 2.04. The molecule has 3 nitrogen and oxygen atoms in total. The fourth-order valence-corrected chi connectivity index (χ4v) is 0.783. The van der Waals surface area contributed by atoms with Crippen molar-refractivity contribution >= 4 is 19.3 Å². The number of hydrogen-bond acceptors (Lipinski definition) is 3. The monoisotopic (exact) mass is 136 g/mol. The van der Waals surface area contributed by atoms with Gasteiger partial charge in [0.1, 0.15) is 11.6 Å². The van der Waals surface area contributed by atoms with Crippen LogP contribution in [0.2, 0.25) is 0 Å². The lowest BCUT2D eigenvalue weighted by atomic mass is 10.0. The van der Waals surface area contributed by atoms with Gasteiger partial charge in [0.05, 0.1) is 7.11 Å². The van der Waals surface area contributed by atoms with E-state index in [0.29, 0.717) is 5.82 Å². The van der Waals surface area contributed by atoms with Crippen LogP contribution in [0.15, 0.2) is 12.1 Å². The van der Waals surface area contributed by atoms with E-state index in [-0.39, 0.29) is 0 Å². The summed E-state index contributed by atoms with van der Waals surface area (Å²) in [4.78, 5) is 4.00. The molecule has 0 unspecified atom stereocenters. The average molecular weight is 136 g/mol. The Morgan fingerprint density at radius 2 is 2.30 bits per heavy atom. The first-order chi connectivity index (χ1) is 4.74. The van der Waals surface area contributed by atoms with E-state index in [1.54, 1.807) is 19.2 Å². The molecule has 52 valence electrons. The molecule has 0 saturated heterocycles. The van der Waals surface area contributed by atoms with Gasteiger partial charge in [-0.05, 0) is 12.1 Å². The fraction of sp³-hybridized carbons (Fsp3) is 0.167. The SMILES string of the molecule is Bc1nc(N)ccc1OC. The minimum absolute atomic E-state index is 0.526. The first-order valence-corrected chi connectivity index (χ1v) is 3.01. The number of methoxy groups -OCH3 is 1. The zero-order valence-electron chi connectivity index (χ0n) is 6.09. The molecule has 0 aliphatic carbocycles. The molecule has 0 amide bonds. The Kier molecular flexibility index (Phi) is 1.80. The number of ether oxygens (including phenoxy) is 1. The molecule has 0 fully saturated rings. The van der Waals surface area contributed by atoms with Gasteiger partial charge >= 0.3 is 0 Å². The zero-order valence-corrected chi connectivity index (χ0v) is 6.09. The molecule has 1 aromatic heterocycles. The first kappa shape index (κ1) is 6.93. The maximum atomic E-state index is 5.42. The van der Waals surface area contributed by atoms with Crippen LogP contribution in [0.25, 0.3) is 0 Å². The average Bonchev–Trinajstić information content (AvgIpc) is 1.88. The molecule has 0 atom stereocenters. The molecule has 0 spiro atoms. The zero-order chi connectivity index (χ0) is 7.56. The van der Waals surface area contributed by atoms with Crippen molar-refractivity contribution in [1.29, 1.82) is 0 Å². The van der Waals surface area contributed by atoms with Crippen molar-refractivity contribution in [2.45, 2.75) is 0 Å². The summed E-state index contributed by atoms with van der Waals surface area (Å²) in [6, 6.07) is 3.52. The summed E-state index contributed by atoms with van der Waals surface area (Å²) >= 11 is 0. The van der Waals surface area contributed by atoms with E-state index in [1.807, 2.05) is 7.85 Å².